The molecule has 2 aliphatic rings. The Morgan fingerprint density at radius 1 is 1.38 bits per heavy atom. The fourth-order valence-corrected chi connectivity index (χ4v) is 3.13. The number of hydrogen-bond acceptors (Lipinski definition) is 5. The minimum absolute atomic E-state index is 0.179. The normalized spacial score (nSPS) is 22.5. The number of amides is 2. The van der Waals surface area contributed by atoms with Gasteiger partial charge in [0.05, 0.1) is 5.56 Å². The minimum atomic E-state index is -0.821. The molecule has 0 spiro atoms. The van der Waals surface area contributed by atoms with Crippen molar-refractivity contribution in [3.8, 4) is 0 Å². The molecule has 3 rings (SSSR count). The molecule has 0 radical (unpaired) electrons. The van der Waals surface area contributed by atoms with E-state index in [0.29, 0.717) is 37.1 Å². The van der Waals surface area contributed by atoms with Gasteiger partial charge in [0.25, 0.3) is 0 Å². The Morgan fingerprint density at radius 2 is 2.17 bits per heavy atom. The van der Waals surface area contributed by atoms with Gasteiger partial charge in [-0.3, -0.25) is 14.5 Å². The van der Waals surface area contributed by atoms with Crippen molar-refractivity contribution in [1.29, 1.82) is 0 Å². The summed E-state index contributed by atoms with van der Waals surface area (Å²) in [4.78, 5) is 38.1. The molecule has 7 heteroatoms. The van der Waals surface area contributed by atoms with E-state index in [1.165, 1.54) is 4.90 Å². The number of nitrogens with zero attached hydrogens (tertiary/aromatic N) is 1. The van der Waals surface area contributed by atoms with Crippen LogP contribution in [-0.4, -0.2) is 49.0 Å². The molecule has 2 amide bonds. The molecule has 1 fully saturated rings. The lowest BCUT2D eigenvalue weighted by molar-refractivity contribution is -0.145. The van der Waals surface area contributed by atoms with Gasteiger partial charge in [-0.15, -0.1) is 0 Å². The van der Waals surface area contributed by atoms with E-state index in [0.717, 1.165) is 0 Å². The Bertz CT molecular complexity index is 660. The molecular weight excluding hydrogens is 312 g/mol. The van der Waals surface area contributed by atoms with Gasteiger partial charge in [-0.25, -0.2) is 4.79 Å². The summed E-state index contributed by atoms with van der Waals surface area (Å²) in [5.74, 6) is -0.867. The molecular formula is C17H20N2O5. The van der Waals surface area contributed by atoms with Crippen LogP contribution in [0.15, 0.2) is 24.3 Å². The van der Waals surface area contributed by atoms with E-state index in [9.17, 15) is 14.4 Å². The number of nitrogens with one attached hydrogen (secondary N) is 1. The average Bonchev–Trinajstić information content (AvgIpc) is 3.12. The summed E-state index contributed by atoms with van der Waals surface area (Å²) < 4.78 is 10.3. The highest BCUT2D eigenvalue weighted by molar-refractivity contribution is 5.96. The van der Waals surface area contributed by atoms with Crippen LogP contribution < -0.4 is 5.32 Å². The number of cyclic esters (lactones) is 1. The van der Waals surface area contributed by atoms with Gasteiger partial charge in [0.1, 0.15) is 6.04 Å². The fourth-order valence-electron chi connectivity index (χ4n) is 3.13. The number of carbonyl (C=O) groups is 3. The van der Waals surface area contributed by atoms with Gasteiger partial charge in [-0.2, -0.15) is 0 Å². The SMILES string of the molecule is COCCCNC(=O)[C@H]1CCC(=O)N1[C@H]1OC(=O)c2ccccc21. The zero-order valence-electron chi connectivity index (χ0n) is 13.5. The highest BCUT2D eigenvalue weighted by Crippen LogP contribution is 2.38. The van der Waals surface area contributed by atoms with Crippen LogP contribution in [0, 0.1) is 0 Å². The first-order valence-corrected chi connectivity index (χ1v) is 8.01. The van der Waals surface area contributed by atoms with E-state index in [2.05, 4.69) is 5.32 Å². The van der Waals surface area contributed by atoms with Crippen molar-refractivity contribution < 1.29 is 23.9 Å². The smallest absolute Gasteiger partial charge is 0.340 e. The Morgan fingerprint density at radius 3 is 2.96 bits per heavy atom. The number of ether oxygens (including phenoxy) is 2. The van der Waals surface area contributed by atoms with Crippen LogP contribution in [0.2, 0.25) is 0 Å². The molecule has 1 saturated heterocycles. The topological polar surface area (TPSA) is 84.9 Å². The van der Waals surface area contributed by atoms with Gasteiger partial charge in [0, 0.05) is 32.2 Å². The maximum atomic E-state index is 12.4. The summed E-state index contributed by atoms with van der Waals surface area (Å²) in [6, 6.07) is 6.33. The second-order valence-corrected chi connectivity index (χ2v) is 5.84. The zero-order valence-corrected chi connectivity index (χ0v) is 13.5. The van der Waals surface area contributed by atoms with Gasteiger partial charge < -0.3 is 14.8 Å². The number of rotatable bonds is 6. The van der Waals surface area contributed by atoms with E-state index in [4.69, 9.17) is 9.47 Å². The summed E-state index contributed by atoms with van der Waals surface area (Å²) in [5.41, 5.74) is 1.08. The Hall–Kier alpha value is -2.41. The molecule has 24 heavy (non-hydrogen) atoms. The third kappa shape index (κ3) is 2.99. The summed E-state index contributed by atoms with van der Waals surface area (Å²) in [6.45, 7) is 1.04. The third-order valence-electron chi connectivity index (χ3n) is 4.30. The quantitative estimate of drug-likeness (QED) is 0.620. The first-order valence-electron chi connectivity index (χ1n) is 8.01. The molecule has 7 nitrogen and oxygen atoms in total. The molecule has 1 N–H and O–H groups in total. The summed E-state index contributed by atoms with van der Waals surface area (Å²) >= 11 is 0. The second-order valence-electron chi connectivity index (χ2n) is 5.84. The van der Waals surface area contributed by atoms with Gasteiger partial charge in [0.2, 0.25) is 18.0 Å². The van der Waals surface area contributed by atoms with E-state index in [-0.39, 0.29) is 18.2 Å². The highest BCUT2D eigenvalue weighted by atomic mass is 16.6. The molecule has 2 atom stereocenters. The van der Waals surface area contributed by atoms with Crippen molar-refractivity contribution in [1.82, 2.24) is 10.2 Å². The lowest BCUT2D eigenvalue weighted by atomic mass is 10.1. The summed E-state index contributed by atoms with van der Waals surface area (Å²) in [7, 11) is 1.60. The Kier molecular flexibility index (Phi) is 4.80. The highest BCUT2D eigenvalue weighted by Gasteiger charge is 2.46. The maximum Gasteiger partial charge on any atom is 0.340 e. The zero-order chi connectivity index (χ0) is 17.1. The number of fused-ring (bicyclic) bond motifs is 1. The molecule has 1 aromatic carbocycles. The van der Waals surface area contributed by atoms with Gasteiger partial charge in [-0.05, 0) is 18.9 Å². The predicted molar refractivity (Wildman–Crippen MR) is 84.0 cm³/mol. The third-order valence-corrected chi connectivity index (χ3v) is 4.30. The van der Waals surface area contributed by atoms with Crippen LogP contribution in [0.4, 0.5) is 0 Å². The van der Waals surface area contributed by atoms with E-state index in [1.54, 1.807) is 31.4 Å². The van der Waals surface area contributed by atoms with Crippen molar-refractivity contribution in [3.05, 3.63) is 35.4 Å². The first kappa shape index (κ1) is 16.4. The predicted octanol–water partition coefficient (Wildman–Crippen LogP) is 0.999. The largest absolute Gasteiger partial charge is 0.433 e. The van der Waals surface area contributed by atoms with Crippen molar-refractivity contribution in [2.24, 2.45) is 0 Å². The summed E-state index contributed by atoms with van der Waals surface area (Å²) in [6.07, 6.45) is 0.570. The molecule has 0 saturated carbocycles. The number of benzene rings is 1. The molecule has 2 aliphatic heterocycles. The molecule has 128 valence electrons. The van der Waals surface area contributed by atoms with E-state index in [1.807, 2.05) is 0 Å². The number of carbonyl (C=O) groups excluding carboxylic acids is 3. The van der Waals surface area contributed by atoms with Gasteiger partial charge in [0.15, 0.2) is 0 Å². The van der Waals surface area contributed by atoms with Crippen LogP contribution in [0.3, 0.4) is 0 Å². The molecule has 0 bridgehead atoms. The minimum Gasteiger partial charge on any atom is -0.433 e. The number of hydrogen-bond donors (Lipinski definition) is 1. The fraction of sp³-hybridized carbons (Fsp3) is 0.471. The first-order chi connectivity index (χ1) is 11.6. The maximum absolute atomic E-state index is 12.4. The number of likely N-dealkylation sites (tertiary alicyclic amines) is 1. The Labute approximate surface area is 139 Å². The second kappa shape index (κ2) is 7.00. The molecule has 0 aromatic heterocycles. The van der Waals surface area contributed by atoms with Crippen molar-refractivity contribution in [2.75, 3.05) is 20.3 Å². The van der Waals surface area contributed by atoms with Crippen LogP contribution in [0.5, 0.6) is 0 Å². The Balaban J connectivity index is 1.75. The number of esters is 1. The number of methoxy groups -OCH3 is 1. The molecule has 0 aliphatic carbocycles. The molecule has 2 heterocycles. The molecule has 0 unspecified atom stereocenters. The average molecular weight is 332 g/mol. The van der Waals surface area contributed by atoms with Crippen molar-refractivity contribution in [2.45, 2.75) is 31.5 Å². The van der Waals surface area contributed by atoms with Gasteiger partial charge in [-0.1, -0.05) is 18.2 Å². The lowest BCUT2D eigenvalue weighted by Crippen LogP contribution is -2.46. The van der Waals surface area contributed by atoms with Crippen LogP contribution in [0.25, 0.3) is 0 Å². The van der Waals surface area contributed by atoms with Crippen LogP contribution in [-0.2, 0) is 19.1 Å². The van der Waals surface area contributed by atoms with E-state index < -0.39 is 18.2 Å². The lowest BCUT2D eigenvalue weighted by Gasteiger charge is -2.29. The van der Waals surface area contributed by atoms with Crippen molar-refractivity contribution in [3.63, 3.8) is 0 Å². The monoisotopic (exact) mass is 332 g/mol. The summed E-state index contributed by atoms with van der Waals surface area (Å²) in [5, 5.41) is 2.82. The van der Waals surface area contributed by atoms with E-state index >= 15 is 0 Å². The molecule has 1 aromatic rings. The van der Waals surface area contributed by atoms with Gasteiger partial charge >= 0.3 is 5.97 Å². The van der Waals surface area contributed by atoms with Crippen LogP contribution >= 0.6 is 0 Å². The van der Waals surface area contributed by atoms with Crippen molar-refractivity contribution >= 4 is 17.8 Å². The standard InChI is InChI=1S/C17H20N2O5/c1-23-10-4-9-18-15(21)13-7-8-14(20)19(13)16-11-5-2-3-6-12(11)17(22)24-16/h2-3,5-6,13,16H,4,7-10H2,1H3,(H,18,21)/t13-,16+/m1/s1. The van der Waals surface area contributed by atoms with Crippen LogP contribution in [0.1, 0.15) is 41.4 Å².